The van der Waals surface area contributed by atoms with Crippen molar-refractivity contribution in [1.29, 1.82) is 0 Å². The van der Waals surface area contributed by atoms with Gasteiger partial charge in [0.2, 0.25) is 0 Å². The van der Waals surface area contributed by atoms with Gasteiger partial charge >= 0.3 is 0 Å². The Bertz CT molecular complexity index is 31.3. The van der Waals surface area contributed by atoms with Crippen LogP contribution in [0.2, 0.25) is 0 Å². The first kappa shape index (κ1) is 29.2. The standard InChI is InChI=1S/C6H12O.2CH3.2Y/c1-3-5-6-7-4-2;;;;/h1-6H2;2*1H3;;/q-2;2*-1;;. The van der Waals surface area contributed by atoms with Gasteiger partial charge in [-0.15, -0.1) is 0 Å². The second-order valence-electron chi connectivity index (χ2n) is 1.32. The molecule has 2 radical (unpaired) electrons. The molecule has 66 valence electrons. The van der Waals surface area contributed by atoms with Gasteiger partial charge in [-0.05, 0) is 0 Å². The Kier molecular flexibility index (Phi) is 78.5. The molecule has 0 saturated carbocycles. The van der Waals surface area contributed by atoms with E-state index in [1.165, 1.54) is 0 Å². The van der Waals surface area contributed by atoms with Gasteiger partial charge in [0.05, 0.1) is 0 Å². The van der Waals surface area contributed by atoms with Crippen LogP contribution < -0.4 is 0 Å². The summed E-state index contributed by atoms with van der Waals surface area (Å²) in [7, 11) is 0. The van der Waals surface area contributed by atoms with Gasteiger partial charge in [-0.3, -0.25) is 0 Å². The summed E-state index contributed by atoms with van der Waals surface area (Å²) in [6.07, 6.45) is 2.01. The Balaban J connectivity index is -0.0000000300. The predicted octanol–water partition coefficient (Wildman–Crippen LogP) is 2.35. The minimum absolute atomic E-state index is 0. The fourth-order valence-corrected chi connectivity index (χ4v) is 0.306. The van der Waals surface area contributed by atoms with E-state index in [4.69, 9.17) is 4.74 Å². The van der Waals surface area contributed by atoms with Crippen LogP contribution in [0.15, 0.2) is 0 Å². The molecule has 0 N–H and O–H groups in total. The van der Waals surface area contributed by atoms with Crippen molar-refractivity contribution in [2.75, 3.05) is 13.2 Å². The topological polar surface area (TPSA) is 9.23 Å². The molecule has 0 amide bonds. The maximum Gasteiger partial charge on any atom is 0.0406 e. The molecule has 0 aromatic rings. The quantitative estimate of drug-likeness (QED) is 0.572. The van der Waals surface area contributed by atoms with Crippen molar-refractivity contribution in [2.24, 2.45) is 0 Å². The van der Waals surface area contributed by atoms with Crippen LogP contribution >= 0.6 is 0 Å². The van der Waals surface area contributed by atoms with Crippen LogP contribution in [0.25, 0.3) is 0 Å². The van der Waals surface area contributed by atoms with Gasteiger partial charge in [-0.1, -0.05) is 13.0 Å². The van der Waals surface area contributed by atoms with Crippen molar-refractivity contribution < 1.29 is 70.2 Å². The first-order valence-corrected chi connectivity index (χ1v) is 2.58. The van der Waals surface area contributed by atoms with Crippen molar-refractivity contribution >= 4 is 0 Å². The summed E-state index contributed by atoms with van der Waals surface area (Å²) in [6, 6.07) is 0. The Morgan fingerprint density at radius 3 is 1.73 bits per heavy atom. The largest absolute Gasteiger partial charge is 0.413 e. The average molecular weight is 308 g/mol. The van der Waals surface area contributed by atoms with Gasteiger partial charge in [0.15, 0.2) is 0 Å². The maximum atomic E-state index is 4.92. The summed E-state index contributed by atoms with van der Waals surface area (Å²) in [6.45, 7) is 8.57. The van der Waals surface area contributed by atoms with Gasteiger partial charge in [0.25, 0.3) is 0 Å². The second kappa shape index (κ2) is 29.5. The minimum atomic E-state index is 0. The zero-order valence-electron chi connectivity index (χ0n) is 7.81. The van der Waals surface area contributed by atoms with E-state index < -0.39 is 0 Å². The minimum Gasteiger partial charge on any atom is -0.413 e. The van der Waals surface area contributed by atoms with E-state index in [0.717, 1.165) is 19.4 Å². The molecule has 0 spiro atoms. The van der Waals surface area contributed by atoms with E-state index >= 15 is 0 Å². The Morgan fingerprint density at radius 1 is 1.00 bits per heavy atom. The third-order valence-electron chi connectivity index (χ3n) is 0.683. The Labute approximate surface area is 123 Å². The van der Waals surface area contributed by atoms with Crippen LogP contribution in [0.1, 0.15) is 12.8 Å². The molecule has 0 aromatic carbocycles. The SMILES string of the molecule is [CH2-]CCCOC[CH2-].[CH3-].[CH3-].[Y].[Y]. The van der Waals surface area contributed by atoms with Crippen molar-refractivity contribution in [3.05, 3.63) is 28.7 Å². The van der Waals surface area contributed by atoms with Crippen LogP contribution in [0.5, 0.6) is 0 Å². The van der Waals surface area contributed by atoms with Crippen molar-refractivity contribution in [2.45, 2.75) is 12.8 Å². The van der Waals surface area contributed by atoms with E-state index in [2.05, 4.69) is 13.8 Å². The normalized spacial score (nSPS) is 6.00. The molecule has 1 nitrogen and oxygen atoms in total. The predicted molar refractivity (Wildman–Crippen MR) is 43.6 cm³/mol. The Morgan fingerprint density at radius 2 is 1.45 bits per heavy atom. The number of rotatable bonds is 4. The number of ether oxygens (including phenoxy) is 1. The summed E-state index contributed by atoms with van der Waals surface area (Å²) in [5.41, 5.74) is 0. The summed E-state index contributed by atoms with van der Waals surface area (Å²) >= 11 is 0. The molecule has 0 aliphatic heterocycles. The number of hydrogen-bond acceptors (Lipinski definition) is 1. The molecular weight excluding hydrogens is 290 g/mol. The third kappa shape index (κ3) is 33.1. The first-order valence-electron chi connectivity index (χ1n) is 2.58. The first-order chi connectivity index (χ1) is 3.41. The van der Waals surface area contributed by atoms with Gasteiger partial charge in [-0.2, -0.15) is 6.42 Å². The van der Waals surface area contributed by atoms with Crippen LogP contribution in [0.3, 0.4) is 0 Å². The summed E-state index contributed by atoms with van der Waals surface area (Å²) in [5.74, 6) is 0. The van der Waals surface area contributed by atoms with E-state index in [-0.39, 0.29) is 80.3 Å². The van der Waals surface area contributed by atoms with Gasteiger partial charge in [-0.25, -0.2) is 0 Å². The molecule has 0 fully saturated rings. The molecule has 0 heterocycles. The average Bonchev–Trinajstić information content (AvgIpc) is 1.69. The van der Waals surface area contributed by atoms with E-state index in [1.54, 1.807) is 0 Å². The molecule has 0 atom stereocenters. The monoisotopic (exact) mass is 308 g/mol. The molecular formula is C8H18OY2-4. The van der Waals surface area contributed by atoms with Crippen LogP contribution in [0, 0.1) is 28.7 Å². The third-order valence-corrected chi connectivity index (χ3v) is 0.683. The van der Waals surface area contributed by atoms with Gasteiger partial charge < -0.3 is 33.4 Å². The van der Waals surface area contributed by atoms with Crippen molar-refractivity contribution in [3.8, 4) is 0 Å². The number of unbranched alkanes of at least 4 members (excludes halogenated alkanes) is 1. The van der Waals surface area contributed by atoms with E-state index in [0.29, 0.717) is 6.61 Å². The van der Waals surface area contributed by atoms with Crippen molar-refractivity contribution in [3.63, 3.8) is 0 Å². The Hall–Kier alpha value is 2.17. The summed E-state index contributed by atoms with van der Waals surface area (Å²) < 4.78 is 4.92. The van der Waals surface area contributed by atoms with Crippen LogP contribution in [0.4, 0.5) is 0 Å². The van der Waals surface area contributed by atoms with Crippen LogP contribution in [-0.2, 0) is 70.2 Å². The summed E-state index contributed by atoms with van der Waals surface area (Å²) in [5, 5.41) is 0. The molecule has 11 heavy (non-hydrogen) atoms. The molecule has 0 rings (SSSR count). The second-order valence-corrected chi connectivity index (χ2v) is 1.32. The number of hydrogen-bond donors (Lipinski definition) is 0. The molecule has 0 aromatic heterocycles. The molecule has 0 unspecified atom stereocenters. The summed E-state index contributed by atoms with van der Waals surface area (Å²) in [4.78, 5) is 0. The van der Waals surface area contributed by atoms with E-state index in [9.17, 15) is 0 Å². The smallest absolute Gasteiger partial charge is 0.0406 e. The zero-order chi connectivity index (χ0) is 5.54. The molecule has 0 aliphatic rings. The van der Waals surface area contributed by atoms with Gasteiger partial charge in [0.1, 0.15) is 0 Å². The zero-order valence-corrected chi connectivity index (χ0v) is 13.5. The molecule has 0 aliphatic carbocycles. The fraction of sp³-hybridized carbons (Fsp3) is 0.500. The van der Waals surface area contributed by atoms with E-state index in [1.807, 2.05) is 0 Å². The van der Waals surface area contributed by atoms with Crippen molar-refractivity contribution in [1.82, 2.24) is 0 Å². The molecule has 0 bridgehead atoms. The molecule has 0 saturated heterocycles. The van der Waals surface area contributed by atoms with Gasteiger partial charge in [0, 0.05) is 72.0 Å². The molecule has 3 heteroatoms. The maximum absolute atomic E-state index is 4.92. The fourth-order valence-electron chi connectivity index (χ4n) is 0.306. The van der Waals surface area contributed by atoms with Crippen LogP contribution in [-0.4, -0.2) is 13.2 Å².